The molecule has 0 atom stereocenters. The molecule has 20 heavy (non-hydrogen) atoms. The van der Waals surface area contributed by atoms with Gasteiger partial charge in [-0.15, -0.1) is 16.4 Å². The molecule has 0 unspecified atom stereocenters. The van der Waals surface area contributed by atoms with Crippen molar-refractivity contribution in [1.82, 2.24) is 15.1 Å². The lowest BCUT2D eigenvalue weighted by molar-refractivity contribution is 0.0738. The Morgan fingerprint density at radius 2 is 2.10 bits per heavy atom. The van der Waals surface area contributed by atoms with E-state index < -0.39 is 0 Å². The molecule has 0 aromatic carbocycles. The number of aliphatic hydroxyl groups is 1. The molecule has 7 heteroatoms. The predicted molar refractivity (Wildman–Crippen MR) is 80.0 cm³/mol. The number of aliphatic hydroxyl groups excluding tert-OH is 1. The lowest BCUT2D eigenvalue weighted by Crippen LogP contribution is -2.33. The molecule has 0 radical (unpaired) electrons. The Kier molecular flexibility index (Phi) is 4.20. The molecule has 0 aliphatic heterocycles. The van der Waals surface area contributed by atoms with Crippen molar-refractivity contribution in [3.05, 3.63) is 16.1 Å². The molecule has 1 amide bonds. The summed E-state index contributed by atoms with van der Waals surface area (Å²) in [6.45, 7) is 6.41. The van der Waals surface area contributed by atoms with E-state index in [1.165, 1.54) is 11.3 Å². The predicted octanol–water partition coefficient (Wildman–Crippen LogP) is 1.34. The molecule has 2 heterocycles. The van der Waals surface area contributed by atoms with Gasteiger partial charge in [0.05, 0.1) is 18.0 Å². The van der Waals surface area contributed by atoms with Crippen LogP contribution >= 0.6 is 11.3 Å². The van der Waals surface area contributed by atoms with Gasteiger partial charge in [0.25, 0.3) is 5.91 Å². The molecular weight excluding hydrogens is 276 g/mol. The number of anilines is 1. The Balaban J connectivity index is 2.53. The highest BCUT2D eigenvalue weighted by Crippen LogP contribution is 2.35. The van der Waals surface area contributed by atoms with Crippen LogP contribution in [0.25, 0.3) is 10.2 Å². The third kappa shape index (κ3) is 2.34. The Hall–Kier alpha value is -1.73. The van der Waals surface area contributed by atoms with Crippen LogP contribution in [0.3, 0.4) is 0 Å². The number of nitrogen functional groups attached to an aromatic ring is 1. The van der Waals surface area contributed by atoms with Crippen molar-refractivity contribution in [2.24, 2.45) is 0 Å². The van der Waals surface area contributed by atoms with Crippen LogP contribution in [0.2, 0.25) is 0 Å². The van der Waals surface area contributed by atoms with E-state index in [-0.39, 0.29) is 12.5 Å². The first-order valence-electron chi connectivity index (χ1n) is 6.43. The SMILES string of the molecule is CCN(CCO)C(=O)c1sc2nnc(C)c(C)c2c1N. The maximum Gasteiger partial charge on any atom is 0.266 e. The number of carbonyl (C=O) groups excluding carboxylic acids is 1. The van der Waals surface area contributed by atoms with E-state index in [0.717, 1.165) is 16.6 Å². The van der Waals surface area contributed by atoms with Gasteiger partial charge in [-0.25, -0.2) is 0 Å². The number of aryl methyl sites for hydroxylation is 2. The van der Waals surface area contributed by atoms with Gasteiger partial charge in [0.2, 0.25) is 0 Å². The van der Waals surface area contributed by atoms with Crippen LogP contribution in [0.5, 0.6) is 0 Å². The zero-order chi connectivity index (χ0) is 14.9. The Morgan fingerprint density at radius 1 is 1.40 bits per heavy atom. The molecule has 6 nitrogen and oxygen atoms in total. The molecule has 0 aliphatic carbocycles. The lowest BCUT2D eigenvalue weighted by Gasteiger charge is -2.18. The first-order valence-corrected chi connectivity index (χ1v) is 7.24. The minimum absolute atomic E-state index is 0.0671. The molecule has 0 fully saturated rings. The van der Waals surface area contributed by atoms with E-state index in [1.807, 2.05) is 20.8 Å². The van der Waals surface area contributed by atoms with Crippen molar-refractivity contribution in [2.45, 2.75) is 20.8 Å². The lowest BCUT2D eigenvalue weighted by atomic mass is 10.1. The zero-order valence-corrected chi connectivity index (χ0v) is 12.6. The van der Waals surface area contributed by atoms with Gasteiger partial charge in [-0.2, -0.15) is 5.10 Å². The van der Waals surface area contributed by atoms with Gasteiger partial charge in [0.15, 0.2) is 0 Å². The van der Waals surface area contributed by atoms with Crippen molar-refractivity contribution in [3.8, 4) is 0 Å². The highest BCUT2D eigenvalue weighted by molar-refractivity contribution is 7.21. The monoisotopic (exact) mass is 294 g/mol. The fraction of sp³-hybridized carbons (Fsp3) is 0.462. The summed E-state index contributed by atoms with van der Waals surface area (Å²) in [5.41, 5.74) is 8.35. The summed E-state index contributed by atoms with van der Waals surface area (Å²) < 4.78 is 0. The van der Waals surface area contributed by atoms with Crippen molar-refractivity contribution in [1.29, 1.82) is 0 Å². The highest BCUT2D eigenvalue weighted by atomic mass is 32.1. The zero-order valence-electron chi connectivity index (χ0n) is 11.8. The van der Waals surface area contributed by atoms with Crippen LogP contribution in [0.4, 0.5) is 5.69 Å². The largest absolute Gasteiger partial charge is 0.397 e. The van der Waals surface area contributed by atoms with Crippen LogP contribution in [0.1, 0.15) is 27.9 Å². The molecule has 2 aromatic rings. The van der Waals surface area contributed by atoms with Crippen molar-refractivity contribution in [2.75, 3.05) is 25.4 Å². The molecule has 0 aliphatic rings. The number of thiophene rings is 1. The summed E-state index contributed by atoms with van der Waals surface area (Å²) in [5, 5.41) is 18.0. The number of likely N-dealkylation sites (N-methyl/N-ethyl adjacent to an activating group) is 1. The average Bonchev–Trinajstić information content (AvgIpc) is 2.77. The Labute approximate surface area is 121 Å². The maximum absolute atomic E-state index is 12.4. The van der Waals surface area contributed by atoms with E-state index in [4.69, 9.17) is 10.8 Å². The van der Waals surface area contributed by atoms with E-state index in [0.29, 0.717) is 28.5 Å². The van der Waals surface area contributed by atoms with E-state index in [2.05, 4.69) is 10.2 Å². The summed E-state index contributed by atoms with van der Waals surface area (Å²) in [5.74, 6) is -0.167. The maximum atomic E-state index is 12.4. The minimum Gasteiger partial charge on any atom is -0.397 e. The number of nitrogens with zero attached hydrogens (tertiary/aromatic N) is 3. The molecule has 0 spiro atoms. The quantitative estimate of drug-likeness (QED) is 0.888. The van der Waals surface area contributed by atoms with Crippen molar-refractivity contribution in [3.63, 3.8) is 0 Å². The number of carbonyl (C=O) groups is 1. The standard InChI is InChI=1S/C13H18N4O2S/c1-4-17(5-6-18)13(19)11-10(14)9-7(2)8(3)15-16-12(9)20-11/h18H,4-6,14H2,1-3H3. The minimum atomic E-state index is -0.167. The Morgan fingerprint density at radius 3 is 2.70 bits per heavy atom. The summed E-state index contributed by atoms with van der Waals surface area (Å²) >= 11 is 1.25. The Bertz CT molecular complexity index is 653. The second-order valence-electron chi connectivity index (χ2n) is 4.54. The van der Waals surface area contributed by atoms with Gasteiger partial charge in [0, 0.05) is 18.5 Å². The van der Waals surface area contributed by atoms with Crippen LogP contribution in [0.15, 0.2) is 0 Å². The molecule has 0 bridgehead atoms. The fourth-order valence-corrected chi connectivity index (χ4v) is 3.14. The summed E-state index contributed by atoms with van der Waals surface area (Å²) in [4.78, 5) is 15.2. The average molecular weight is 294 g/mol. The van der Waals surface area contributed by atoms with Gasteiger partial charge in [-0.3, -0.25) is 4.79 Å². The molecule has 2 aromatic heterocycles. The highest BCUT2D eigenvalue weighted by Gasteiger charge is 2.23. The van der Waals surface area contributed by atoms with Crippen LogP contribution in [-0.4, -0.2) is 45.8 Å². The third-order valence-corrected chi connectivity index (χ3v) is 4.45. The van der Waals surface area contributed by atoms with Gasteiger partial charge in [-0.05, 0) is 26.3 Å². The molecule has 2 rings (SSSR count). The van der Waals surface area contributed by atoms with E-state index in [1.54, 1.807) is 4.90 Å². The number of rotatable bonds is 4. The summed E-state index contributed by atoms with van der Waals surface area (Å²) in [7, 11) is 0. The second kappa shape index (κ2) is 5.72. The fourth-order valence-electron chi connectivity index (χ4n) is 2.07. The summed E-state index contributed by atoms with van der Waals surface area (Å²) in [6.07, 6.45) is 0. The normalized spacial score (nSPS) is 11.0. The molecule has 108 valence electrons. The molecular formula is C13H18N4O2S. The van der Waals surface area contributed by atoms with Crippen molar-refractivity contribution < 1.29 is 9.90 Å². The molecule has 3 N–H and O–H groups in total. The van der Waals surface area contributed by atoms with Gasteiger partial charge >= 0.3 is 0 Å². The number of nitrogens with two attached hydrogens (primary N) is 1. The van der Waals surface area contributed by atoms with Crippen LogP contribution in [0, 0.1) is 13.8 Å². The molecule has 0 saturated heterocycles. The third-order valence-electron chi connectivity index (χ3n) is 3.37. The van der Waals surface area contributed by atoms with Crippen LogP contribution < -0.4 is 5.73 Å². The number of fused-ring (bicyclic) bond motifs is 1. The first kappa shape index (κ1) is 14.7. The smallest absolute Gasteiger partial charge is 0.266 e. The van der Waals surface area contributed by atoms with Crippen molar-refractivity contribution >= 4 is 33.1 Å². The number of aromatic nitrogens is 2. The van der Waals surface area contributed by atoms with Crippen LogP contribution in [-0.2, 0) is 0 Å². The first-order chi connectivity index (χ1) is 9.51. The second-order valence-corrected chi connectivity index (χ2v) is 5.54. The van der Waals surface area contributed by atoms with Gasteiger partial charge < -0.3 is 15.7 Å². The number of amides is 1. The summed E-state index contributed by atoms with van der Waals surface area (Å²) in [6, 6.07) is 0. The topological polar surface area (TPSA) is 92.3 Å². The number of hydrogen-bond acceptors (Lipinski definition) is 6. The molecule has 0 saturated carbocycles. The van der Waals surface area contributed by atoms with Gasteiger partial charge in [0.1, 0.15) is 9.71 Å². The van der Waals surface area contributed by atoms with Gasteiger partial charge in [-0.1, -0.05) is 0 Å². The van der Waals surface area contributed by atoms with E-state index in [9.17, 15) is 4.79 Å². The number of hydrogen-bond donors (Lipinski definition) is 2. The van der Waals surface area contributed by atoms with E-state index >= 15 is 0 Å².